The largest absolute Gasteiger partial charge is 0.477 e. The molecule has 0 aromatic carbocycles. The summed E-state index contributed by atoms with van der Waals surface area (Å²) in [6.07, 6.45) is 66.4. The van der Waals surface area contributed by atoms with Crippen LogP contribution in [-0.4, -0.2) is 80.6 Å². The van der Waals surface area contributed by atoms with Crippen molar-refractivity contribution in [3.63, 3.8) is 0 Å². The highest BCUT2D eigenvalue weighted by Gasteiger charge is 2.31. The molecule has 2 unspecified atom stereocenters. The van der Waals surface area contributed by atoms with E-state index in [0.29, 0.717) is 19.3 Å². The monoisotopic (exact) mass is 951 g/mol. The summed E-state index contributed by atoms with van der Waals surface area (Å²) in [5.41, 5.74) is 0. The molecule has 2 atom stereocenters. The number of ether oxygens (including phenoxy) is 3. The third kappa shape index (κ3) is 47.6. The number of quaternary nitrogens is 1. The molecule has 0 fully saturated rings. The van der Waals surface area contributed by atoms with Gasteiger partial charge in [-0.25, -0.2) is 4.79 Å². The molecule has 8 nitrogen and oxygen atoms in total. The summed E-state index contributed by atoms with van der Waals surface area (Å²) >= 11 is 0. The first-order valence-corrected chi connectivity index (χ1v) is 27.6. The van der Waals surface area contributed by atoms with E-state index in [9.17, 15) is 19.5 Å². The van der Waals surface area contributed by atoms with Crippen molar-refractivity contribution < 1.29 is 38.2 Å². The van der Waals surface area contributed by atoms with Crippen LogP contribution >= 0.6 is 0 Å². The minimum absolute atomic E-state index is 0.0452. The van der Waals surface area contributed by atoms with Crippen molar-refractivity contribution >= 4 is 17.9 Å². The molecule has 0 aliphatic carbocycles. The molecule has 0 aliphatic rings. The van der Waals surface area contributed by atoms with Crippen LogP contribution in [0.1, 0.15) is 226 Å². The number of carbonyl (C=O) groups is 3. The maximum absolute atomic E-state index is 12.8. The second-order valence-electron chi connectivity index (χ2n) is 19.5. The molecular formula is C60H104NO7+. The molecule has 390 valence electrons. The van der Waals surface area contributed by atoms with Gasteiger partial charge in [-0.05, 0) is 89.9 Å². The Kier molecular flexibility index (Phi) is 47.4. The average molecular weight is 951 g/mol. The average Bonchev–Trinajstić information content (AvgIpc) is 3.30. The lowest BCUT2D eigenvalue weighted by molar-refractivity contribution is -0.887. The van der Waals surface area contributed by atoms with Crippen molar-refractivity contribution in [2.24, 2.45) is 0 Å². The van der Waals surface area contributed by atoms with Crippen LogP contribution < -0.4 is 0 Å². The molecule has 0 aromatic rings. The summed E-state index contributed by atoms with van der Waals surface area (Å²) in [4.78, 5) is 37.2. The Morgan fingerprint density at radius 3 is 1.24 bits per heavy atom. The van der Waals surface area contributed by atoms with Crippen LogP contribution in [0.25, 0.3) is 0 Å². The molecule has 68 heavy (non-hydrogen) atoms. The maximum Gasteiger partial charge on any atom is 0.362 e. The molecule has 0 aliphatic heterocycles. The van der Waals surface area contributed by atoms with Gasteiger partial charge in [0.1, 0.15) is 6.61 Å². The van der Waals surface area contributed by atoms with Gasteiger partial charge in [-0.2, -0.15) is 0 Å². The van der Waals surface area contributed by atoms with Gasteiger partial charge in [-0.3, -0.25) is 9.59 Å². The fourth-order valence-electron chi connectivity index (χ4n) is 7.80. The number of unbranched alkanes of at least 4 members (excludes halogenated alkanes) is 21. The predicted molar refractivity (Wildman–Crippen MR) is 289 cm³/mol. The Balaban J connectivity index is 4.28. The zero-order chi connectivity index (χ0) is 49.9. The number of hydrogen-bond acceptors (Lipinski definition) is 6. The minimum atomic E-state index is -0.881. The molecule has 0 saturated carbocycles. The van der Waals surface area contributed by atoms with Crippen LogP contribution in [0.3, 0.4) is 0 Å². The van der Waals surface area contributed by atoms with Crippen LogP contribution in [0.15, 0.2) is 85.1 Å². The Labute approximate surface area is 418 Å². The lowest BCUT2D eigenvalue weighted by Crippen LogP contribution is -2.50. The lowest BCUT2D eigenvalue weighted by Gasteiger charge is -2.31. The number of carboxylic acids is 1. The van der Waals surface area contributed by atoms with Gasteiger partial charge in [-0.15, -0.1) is 0 Å². The van der Waals surface area contributed by atoms with E-state index in [-0.39, 0.29) is 36.2 Å². The number of aliphatic carboxylic acids is 1. The maximum atomic E-state index is 12.8. The zero-order valence-electron chi connectivity index (χ0n) is 44.5. The summed E-state index contributed by atoms with van der Waals surface area (Å²) in [7, 11) is 5.52. The summed E-state index contributed by atoms with van der Waals surface area (Å²) in [6, 6.07) is -0.626. The molecular weight excluding hydrogens is 847 g/mol. The minimum Gasteiger partial charge on any atom is -0.477 e. The third-order valence-electron chi connectivity index (χ3n) is 12.0. The number of esters is 2. The van der Waals surface area contributed by atoms with Crippen LogP contribution in [0, 0.1) is 0 Å². The second kappa shape index (κ2) is 49.9. The number of carboxylic acid groups (broad SMARTS) is 1. The number of nitrogens with zero attached hydrogens (tertiary/aromatic N) is 1. The van der Waals surface area contributed by atoms with Crippen molar-refractivity contribution in [3.05, 3.63) is 85.1 Å². The first-order valence-electron chi connectivity index (χ1n) is 27.6. The highest BCUT2D eigenvalue weighted by molar-refractivity contribution is 5.72. The Bertz CT molecular complexity index is 1380. The van der Waals surface area contributed by atoms with Crippen LogP contribution in [0.2, 0.25) is 0 Å². The van der Waals surface area contributed by atoms with Crippen molar-refractivity contribution in [2.75, 3.05) is 41.0 Å². The highest BCUT2D eigenvalue weighted by Crippen LogP contribution is 2.15. The molecule has 0 bridgehead atoms. The second-order valence-corrected chi connectivity index (χ2v) is 19.5. The van der Waals surface area contributed by atoms with Crippen molar-refractivity contribution in [3.8, 4) is 0 Å². The predicted octanol–water partition coefficient (Wildman–Crippen LogP) is 16.4. The first-order chi connectivity index (χ1) is 33.1. The van der Waals surface area contributed by atoms with E-state index in [2.05, 4.69) is 98.9 Å². The number of carbonyl (C=O) groups excluding carboxylic acids is 2. The van der Waals surface area contributed by atoms with Gasteiger partial charge in [0, 0.05) is 19.3 Å². The Morgan fingerprint density at radius 2 is 0.824 bits per heavy atom. The fraction of sp³-hybridized carbons (Fsp3) is 0.717. The molecule has 1 N–H and O–H groups in total. The molecule has 0 amide bonds. The van der Waals surface area contributed by atoms with Gasteiger partial charge in [0.25, 0.3) is 0 Å². The van der Waals surface area contributed by atoms with Crippen molar-refractivity contribution in [1.82, 2.24) is 0 Å². The Morgan fingerprint density at radius 1 is 0.456 bits per heavy atom. The van der Waals surface area contributed by atoms with Gasteiger partial charge in [-0.1, -0.05) is 202 Å². The first kappa shape index (κ1) is 64.5. The number of rotatable bonds is 49. The summed E-state index contributed by atoms with van der Waals surface area (Å²) in [5, 5.41) is 9.67. The van der Waals surface area contributed by atoms with Gasteiger partial charge in [0.15, 0.2) is 12.1 Å². The van der Waals surface area contributed by atoms with Gasteiger partial charge in [0.2, 0.25) is 0 Å². The number of allylic oxidation sites excluding steroid dienone is 14. The zero-order valence-corrected chi connectivity index (χ0v) is 44.5. The lowest BCUT2D eigenvalue weighted by atomic mass is 10.1. The van der Waals surface area contributed by atoms with E-state index in [1.54, 1.807) is 0 Å². The third-order valence-corrected chi connectivity index (χ3v) is 12.0. The smallest absolute Gasteiger partial charge is 0.362 e. The molecule has 0 radical (unpaired) electrons. The molecule has 0 heterocycles. The SMILES string of the molecule is CC/C=C/C/C=C/C/C=C/C/C=C/C/C=C/C/C=C/CCCCCCC(=O)OC(COCCC(C(=O)O)[N+](C)(C)C)COC(=O)CCCCCCCCC/C=C/CCCCCCCCCCCC. The fourth-order valence-corrected chi connectivity index (χ4v) is 7.80. The van der Waals surface area contributed by atoms with Gasteiger partial charge < -0.3 is 23.8 Å². The van der Waals surface area contributed by atoms with E-state index in [1.165, 1.54) is 103 Å². The summed E-state index contributed by atoms with van der Waals surface area (Å²) in [5.74, 6) is -1.51. The molecule has 0 rings (SSSR count). The molecule has 0 aromatic heterocycles. The summed E-state index contributed by atoms with van der Waals surface area (Å²) < 4.78 is 17.4. The molecule has 8 heteroatoms. The standard InChI is InChI=1S/C60H103NO7/c1-6-8-10-12-14-16-18-20-22-24-26-28-29-31-33-35-37-39-41-43-45-47-49-51-59(63)68-56(54-66-53-52-57(60(64)65)61(3,4)5)55-67-58(62)50-48-46-44-42-40-38-36-34-32-30-27-25-23-21-19-17-15-13-11-9-7-2/h8,10,14,16,20,22,26,28,30-33,37,39,56-57H,6-7,9,11-13,15,17-19,21,23-25,27,29,34-36,38,40-55H2,1-5H3/p+1/b10-8+,16-14+,22-20+,28-26+,32-30+,33-31+,39-37+. The Hall–Kier alpha value is -3.49. The normalized spacial score (nSPS) is 13.5. The van der Waals surface area contributed by atoms with Crippen LogP contribution in [0.5, 0.6) is 0 Å². The van der Waals surface area contributed by atoms with E-state index in [0.717, 1.165) is 89.9 Å². The number of hydrogen-bond donors (Lipinski definition) is 1. The topological polar surface area (TPSA) is 99.1 Å². The summed E-state index contributed by atoms with van der Waals surface area (Å²) in [6.45, 7) is 4.61. The van der Waals surface area contributed by atoms with E-state index in [1.807, 2.05) is 21.1 Å². The van der Waals surface area contributed by atoms with Gasteiger partial charge >= 0.3 is 17.9 Å². The molecule has 0 spiro atoms. The van der Waals surface area contributed by atoms with E-state index in [4.69, 9.17) is 14.2 Å². The number of likely N-dealkylation sites (N-methyl/N-ethyl adjacent to an activating group) is 1. The highest BCUT2D eigenvalue weighted by atomic mass is 16.6. The van der Waals surface area contributed by atoms with Crippen LogP contribution in [-0.2, 0) is 28.6 Å². The molecule has 0 saturated heterocycles. The quantitative estimate of drug-likeness (QED) is 0.0281. The van der Waals surface area contributed by atoms with Gasteiger partial charge in [0.05, 0.1) is 34.4 Å². The van der Waals surface area contributed by atoms with Crippen molar-refractivity contribution in [2.45, 2.75) is 238 Å². The van der Waals surface area contributed by atoms with Crippen LogP contribution in [0.4, 0.5) is 0 Å². The van der Waals surface area contributed by atoms with Crippen molar-refractivity contribution in [1.29, 1.82) is 0 Å². The van der Waals surface area contributed by atoms with E-state index >= 15 is 0 Å². The van der Waals surface area contributed by atoms with E-state index < -0.39 is 18.1 Å².